The number of halogens is 3. The molecule has 2 fully saturated rings. The topological polar surface area (TPSA) is 99.8 Å². The van der Waals surface area contributed by atoms with Crippen molar-refractivity contribution in [1.29, 1.82) is 5.41 Å². The van der Waals surface area contributed by atoms with Crippen molar-refractivity contribution in [3.05, 3.63) is 0 Å². The maximum atomic E-state index is 13.2. The van der Waals surface area contributed by atoms with E-state index in [0.717, 1.165) is 6.42 Å². The van der Waals surface area contributed by atoms with Gasteiger partial charge in [-0.1, -0.05) is 0 Å². The van der Waals surface area contributed by atoms with Crippen LogP contribution in [0.3, 0.4) is 0 Å². The summed E-state index contributed by atoms with van der Waals surface area (Å²) in [4.78, 5) is 26.3. The van der Waals surface area contributed by atoms with Gasteiger partial charge in [-0.2, -0.15) is 13.2 Å². The van der Waals surface area contributed by atoms with Gasteiger partial charge in [0.2, 0.25) is 0 Å². The van der Waals surface area contributed by atoms with Gasteiger partial charge in [0, 0.05) is 6.21 Å². The summed E-state index contributed by atoms with van der Waals surface area (Å²) in [6, 6.07) is -0.638. The predicted octanol–water partition coefficient (Wildman–Crippen LogP) is 2.85. The zero-order valence-electron chi connectivity index (χ0n) is 13.8. The van der Waals surface area contributed by atoms with Gasteiger partial charge in [-0.05, 0) is 43.9 Å². The summed E-state index contributed by atoms with van der Waals surface area (Å²) >= 11 is 0. The number of rotatable bonds is 7. The molecule has 0 amide bonds. The number of ether oxygens (including phenoxy) is 1. The molecule has 2 rings (SSSR count). The van der Waals surface area contributed by atoms with Crippen molar-refractivity contribution in [3.8, 4) is 0 Å². The summed E-state index contributed by atoms with van der Waals surface area (Å²) in [6.07, 6.45) is -2.30. The molecule has 0 aliphatic heterocycles. The first-order chi connectivity index (χ1) is 11.6. The second kappa shape index (κ2) is 7.13. The van der Waals surface area contributed by atoms with Crippen LogP contribution >= 0.6 is 0 Å². The number of carboxylic acid groups (broad SMARTS) is 1. The van der Waals surface area contributed by atoms with Crippen molar-refractivity contribution in [1.82, 2.24) is 0 Å². The van der Waals surface area contributed by atoms with Crippen LogP contribution < -0.4 is 0 Å². The van der Waals surface area contributed by atoms with E-state index in [1.807, 2.05) is 0 Å². The second-order valence-electron chi connectivity index (χ2n) is 6.67. The van der Waals surface area contributed by atoms with Crippen LogP contribution in [0, 0.1) is 22.7 Å². The number of aliphatic carboxylic acids is 1. The molecule has 0 bridgehead atoms. The van der Waals surface area contributed by atoms with Crippen molar-refractivity contribution >= 4 is 23.9 Å². The van der Waals surface area contributed by atoms with Gasteiger partial charge in [-0.25, -0.2) is 0 Å². The smallest absolute Gasteiger partial charge is 0.430 e. The highest BCUT2D eigenvalue weighted by molar-refractivity contribution is 6.15. The summed E-state index contributed by atoms with van der Waals surface area (Å²) in [5.74, 6) is -4.02. The monoisotopic (exact) mass is 362 g/mol. The van der Waals surface area contributed by atoms with Crippen molar-refractivity contribution in [3.63, 3.8) is 0 Å². The van der Waals surface area contributed by atoms with Gasteiger partial charge in [-0.3, -0.25) is 14.6 Å². The minimum Gasteiger partial charge on any atom is -0.480 e. The Morgan fingerprint density at radius 2 is 2.16 bits per heavy atom. The largest absolute Gasteiger partial charge is 0.480 e. The zero-order valence-corrected chi connectivity index (χ0v) is 13.8. The van der Waals surface area contributed by atoms with Crippen LogP contribution in [0.1, 0.15) is 39.0 Å². The molecular formula is C16H21F3N2O4. The number of hydrogen-bond donors (Lipinski definition) is 2. The Morgan fingerprint density at radius 1 is 1.48 bits per heavy atom. The number of nitrogens with one attached hydrogen (secondary N) is 1. The third kappa shape index (κ3) is 4.38. The van der Waals surface area contributed by atoms with E-state index in [0.29, 0.717) is 25.9 Å². The second-order valence-corrected chi connectivity index (χ2v) is 6.67. The van der Waals surface area contributed by atoms with Crippen molar-refractivity contribution in [2.45, 2.75) is 51.2 Å². The molecule has 0 radical (unpaired) electrons. The highest BCUT2D eigenvalue weighted by Crippen LogP contribution is 2.64. The fraction of sp³-hybridized carbons (Fsp3) is 0.750. The molecule has 0 spiro atoms. The number of fused-ring (bicyclic) bond motifs is 1. The predicted molar refractivity (Wildman–Crippen MR) is 82.8 cm³/mol. The van der Waals surface area contributed by atoms with E-state index in [2.05, 4.69) is 4.99 Å². The van der Waals surface area contributed by atoms with Crippen LogP contribution in [0.2, 0.25) is 0 Å². The lowest BCUT2D eigenvalue weighted by Crippen LogP contribution is -2.38. The van der Waals surface area contributed by atoms with E-state index in [1.165, 1.54) is 0 Å². The van der Waals surface area contributed by atoms with Crippen molar-refractivity contribution < 1.29 is 32.6 Å². The van der Waals surface area contributed by atoms with E-state index >= 15 is 0 Å². The van der Waals surface area contributed by atoms with Crippen LogP contribution in [0.15, 0.2) is 4.99 Å². The Bertz CT molecular complexity index is 590. The molecule has 0 aromatic heterocycles. The standard InChI is InChI=1S/C16H21F3N2O4/c1-2-25-12(22)7-15-4-3-10(5-9(15)6-15)21-13(16(17,18)19)11(8-20)14(23)24/h8-11,20H,2-7H2,1H3,(H,23,24). The summed E-state index contributed by atoms with van der Waals surface area (Å²) in [6.45, 7) is 2.01. The molecule has 0 saturated heterocycles. The molecule has 4 atom stereocenters. The average Bonchev–Trinajstić information content (AvgIpc) is 3.18. The number of carbonyl (C=O) groups excluding carboxylic acids is 1. The lowest BCUT2D eigenvalue weighted by Gasteiger charge is -2.27. The van der Waals surface area contributed by atoms with Gasteiger partial charge < -0.3 is 15.3 Å². The van der Waals surface area contributed by atoms with Crippen LogP contribution in [-0.4, -0.2) is 47.8 Å². The van der Waals surface area contributed by atoms with E-state index in [9.17, 15) is 22.8 Å². The summed E-state index contributed by atoms with van der Waals surface area (Å²) in [5, 5.41) is 15.9. The van der Waals surface area contributed by atoms with Crippen LogP contribution in [0.5, 0.6) is 0 Å². The lowest BCUT2D eigenvalue weighted by molar-refractivity contribution is -0.145. The molecule has 0 aromatic rings. The fourth-order valence-electron chi connectivity index (χ4n) is 3.69. The van der Waals surface area contributed by atoms with Gasteiger partial charge in [0.05, 0.1) is 19.1 Å². The molecule has 4 unspecified atom stereocenters. The summed E-state index contributed by atoms with van der Waals surface area (Å²) < 4.78 is 44.4. The Morgan fingerprint density at radius 3 is 2.64 bits per heavy atom. The molecule has 0 aromatic carbocycles. The number of alkyl halides is 3. The highest BCUT2D eigenvalue weighted by atomic mass is 19.4. The number of nitrogens with zero attached hydrogens (tertiary/aromatic N) is 1. The van der Waals surface area contributed by atoms with E-state index < -0.39 is 29.8 Å². The first-order valence-corrected chi connectivity index (χ1v) is 8.17. The zero-order chi connectivity index (χ0) is 18.8. The molecule has 25 heavy (non-hydrogen) atoms. The Kier molecular flexibility index (Phi) is 5.53. The highest BCUT2D eigenvalue weighted by Gasteiger charge is 2.58. The Balaban J connectivity index is 2.08. The van der Waals surface area contributed by atoms with Gasteiger partial charge in [0.25, 0.3) is 0 Å². The van der Waals surface area contributed by atoms with E-state index in [1.54, 1.807) is 6.92 Å². The SMILES string of the molecule is CCOC(=O)CC12CCC(N=C(C(C=N)C(=O)O)C(F)(F)F)CC1C2. The molecule has 6 nitrogen and oxygen atoms in total. The third-order valence-corrected chi connectivity index (χ3v) is 5.03. The van der Waals surface area contributed by atoms with Crippen LogP contribution in [-0.2, 0) is 14.3 Å². The quantitative estimate of drug-likeness (QED) is 0.537. The van der Waals surface area contributed by atoms with Crippen LogP contribution in [0.4, 0.5) is 13.2 Å². The number of aliphatic imine (C=N–C) groups is 1. The van der Waals surface area contributed by atoms with Gasteiger partial charge in [0.15, 0.2) is 0 Å². The third-order valence-electron chi connectivity index (χ3n) is 5.03. The molecule has 9 heteroatoms. The first-order valence-electron chi connectivity index (χ1n) is 8.17. The van der Waals surface area contributed by atoms with Crippen molar-refractivity contribution in [2.24, 2.45) is 22.2 Å². The normalized spacial score (nSPS) is 30.2. The molecule has 2 aliphatic rings. The van der Waals surface area contributed by atoms with E-state index in [-0.39, 0.29) is 29.9 Å². The number of esters is 1. The molecule has 2 N–H and O–H groups in total. The van der Waals surface area contributed by atoms with E-state index in [4.69, 9.17) is 15.3 Å². The summed E-state index contributed by atoms with van der Waals surface area (Å²) in [5.41, 5.74) is -1.62. The Labute approximate surface area is 143 Å². The molecule has 140 valence electrons. The molecule has 0 heterocycles. The maximum absolute atomic E-state index is 13.2. The Hall–Kier alpha value is -1.93. The molecule has 2 aliphatic carbocycles. The minimum atomic E-state index is -4.90. The lowest BCUT2D eigenvalue weighted by atomic mass is 9.83. The van der Waals surface area contributed by atoms with Crippen molar-refractivity contribution in [2.75, 3.05) is 6.61 Å². The average molecular weight is 362 g/mol. The minimum absolute atomic E-state index is 0.108. The van der Waals surface area contributed by atoms with Gasteiger partial charge >= 0.3 is 18.1 Å². The fourth-order valence-corrected chi connectivity index (χ4v) is 3.69. The number of carbonyl (C=O) groups is 2. The van der Waals surface area contributed by atoms with Crippen LogP contribution in [0.25, 0.3) is 0 Å². The number of hydrogen-bond acceptors (Lipinski definition) is 5. The van der Waals surface area contributed by atoms with Gasteiger partial charge in [0.1, 0.15) is 11.6 Å². The first kappa shape index (κ1) is 19.4. The molecular weight excluding hydrogens is 341 g/mol. The summed E-state index contributed by atoms with van der Waals surface area (Å²) in [7, 11) is 0. The number of carboxylic acids is 1. The molecule has 2 saturated carbocycles. The maximum Gasteiger partial charge on any atom is 0.430 e. The van der Waals surface area contributed by atoms with Gasteiger partial charge in [-0.15, -0.1) is 0 Å².